The van der Waals surface area contributed by atoms with Gasteiger partial charge in [-0.15, -0.1) is 0 Å². The number of nitriles is 1. The first-order valence-electron chi connectivity index (χ1n) is 6.25. The highest BCUT2D eigenvalue weighted by Gasteiger charge is 2.16. The predicted molar refractivity (Wildman–Crippen MR) is 77.6 cm³/mol. The van der Waals surface area contributed by atoms with Gasteiger partial charge in [0.1, 0.15) is 11.5 Å². The van der Waals surface area contributed by atoms with Crippen molar-refractivity contribution in [2.75, 3.05) is 7.11 Å². The van der Waals surface area contributed by atoms with Gasteiger partial charge in [0, 0.05) is 6.07 Å². The highest BCUT2D eigenvalue weighted by Crippen LogP contribution is 2.25. The monoisotopic (exact) mass is 296 g/mol. The summed E-state index contributed by atoms with van der Waals surface area (Å²) < 4.78 is 10.2. The molecule has 2 N–H and O–H groups in total. The van der Waals surface area contributed by atoms with Crippen molar-refractivity contribution in [2.24, 2.45) is 5.73 Å². The lowest BCUT2D eigenvalue weighted by molar-refractivity contribution is 0.0732. The topological polar surface area (TPSA) is 102 Å². The highest BCUT2D eigenvalue weighted by molar-refractivity contribution is 5.98. The zero-order valence-corrected chi connectivity index (χ0v) is 11.7. The number of carbonyl (C=O) groups is 2. The lowest BCUT2D eigenvalue weighted by Gasteiger charge is -2.09. The van der Waals surface area contributed by atoms with Gasteiger partial charge < -0.3 is 15.2 Å². The number of primary amides is 1. The summed E-state index contributed by atoms with van der Waals surface area (Å²) in [5.74, 6) is -0.945. The Hall–Kier alpha value is -3.33. The Morgan fingerprint density at radius 3 is 2.36 bits per heavy atom. The van der Waals surface area contributed by atoms with E-state index in [-0.39, 0.29) is 16.9 Å². The molecule has 0 aromatic heterocycles. The van der Waals surface area contributed by atoms with Gasteiger partial charge in [-0.05, 0) is 36.4 Å². The van der Waals surface area contributed by atoms with E-state index in [4.69, 9.17) is 20.5 Å². The Kier molecular flexibility index (Phi) is 4.39. The van der Waals surface area contributed by atoms with Crippen LogP contribution in [-0.4, -0.2) is 19.0 Å². The largest absolute Gasteiger partial charge is 0.497 e. The smallest absolute Gasteiger partial charge is 0.343 e. The fourth-order valence-corrected chi connectivity index (χ4v) is 1.76. The molecule has 0 heterocycles. The molecule has 1 amide bonds. The van der Waals surface area contributed by atoms with Crippen LogP contribution in [0.3, 0.4) is 0 Å². The maximum absolute atomic E-state index is 12.1. The molecule has 0 aliphatic rings. The van der Waals surface area contributed by atoms with Gasteiger partial charge in [-0.25, -0.2) is 4.79 Å². The van der Waals surface area contributed by atoms with Crippen molar-refractivity contribution in [1.29, 1.82) is 5.26 Å². The number of nitrogens with two attached hydrogens (primary N) is 1. The molecule has 0 spiro atoms. The molecule has 6 heteroatoms. The summed E-state index contributed by atoms with van der Waals surface area (Å²) in [5.41, 5.74) is 6.00. The van der Waals surface area contributed by atoms with Crippen molar-refractivity contribution in [2.45, 2.75) is 0 Å². The second-order valence-electron chi connectivity index (χ2n) is 4.31. The third-order valence-corrected chi connectivity index (χ3v) is 2.91. The van der Waals surface area contributed by atoms with Gasteiger partial charge >= 0.3 is 5.97 Å². The van der Waals surface area contributed by atoms with E-state index in [1.807, 2.05) is 6.07 Å². The first-order chi connectivity index (χ1) is 10.5. The third kappa shape index (κ3) is 3.22. The maximum Gasteiger partial charge on any atom is 0.343 e. The van der Waals surface area contributed by atoms with Crippen LogP contribution in [0.2, 0.25) is 0 Å². The summed E-state index contributed by atoms with van der Waals surface area (Å²) in [6, 6.07) is 12.2. The molecule has 0 atom stereocenters. The van der Waals surface area contributed by atoms with Crippen LogP contribution in [0.25, 0.3) is 0 Å². The van der Waals surface area contributed by atoms with Crippen molar-refractivity contribution < 1.29 is 19.1 Å². The molecule has 0 unspecified atom stereocenters. The molecule has 110 valence electrons. The molecule has 22 heavy (non-hydrogen) atoms. The fourth-order valence-electron chi connectivity index (χ4n) is 1.76. The predicted octanol–water partition coefficient (Wildman–Crippen LogP) is 1.88. The van der Waals surface area contributed by atoms with Crippen molar-refractivity contribution in [3.63, 3.8) is 0 Å². The Balaban J connectivity index is 2.30. The van der Waals surface area contributed by atoms with Crippen molar-refractivity contribution in [3.8, 4) is 17.6 Å². The zero-order chi connectivity index (χ0) is 16.1. The van der Waals surface area contributed by atoms with Gasteiger partial charge in [-0.3, -0.25) is 4.79 Å². The molecule has 0 bridgehead atoms. The second kappa shape index (κ2) is 6.41. The van der Waals surface area contributed by atoms with Gasteiger partial charge in [0.25, 0.3) is 5.91 Å². The molecule has 0 saturated carbocycles. The van der Waals surface area contributed by atoms with Crippen molar-refractivity contribution in [1.82, 2.24) is 0 Å². The Morgan fingerprint density at radius 2 is 1.82 bits per heavy atom. The van der Waals surface area contributed by atoms with E-state index in [0.717, 1.165) is 0 Å². The Bertz CT molecular complexity index is 761. The number of benzene rings is 2. The van der Waals surface area contributed by atoms with Gasteiger partial charge in [-0.1, -0.05) is 0 Å². The molecule has 0 aliphatic carbocycles. The van der Waals surface area contributed by atoms with Crippen molar-refractivity contribution in [3.05, 3.63) is 59.2 Å². The summed E-state index contributed by atoms with van der Waals surface area (Å²) in [7, 11) is 1.45. The molecule has 2 aromatic carbocycles. The van der Waals surface area contributed by atoms with Crippen LogP contribution >= 0.6 is 0 Å². The van der Waals surface area contributed by atoms with Gasteiger partial charge in [-0.2, -0.15) is 5.26 Å². The van der Waals surface area contributed by atoms with E-state index >= 15 is 0 Å². The molecule has 0 aliphatic heterocycles. The molecule has 2 aromatic rings. The van der Waals surface area contributed by atoms with Crippen LogP contribution in [0.5, 0.6) is 11.5 Å². The third-order valence-electron chi connectivity index (χ3n) is 2.91. The average Bonchev–Trinajstić information content (AvgIpc) is 2.54. The Labute approximate surface area is 126 Å². The molecule has 0 radical (unpaired) electrons. The second-order valence-corrected chi connectivity index (χ2v) is 4.31. The molecular weight excluding hydrogens is 284 g/mol. The van der Waals surface area contributed by atoms with E-state index < -0.39 is 11.9 Å². The minimum absolute atomic E-state index is 0.0150. The number of hydrogen-bond donors (Lipinski definition) is 1. The maximum atomic E-state index is 12.1. The molecule has 0 saturated heterocycles. The summed E-state index contributed by atoms with van der Waals surface area (Å²) in [5, 5.41) is 8.73. The van der Waals surface area contributed by atoms with Crippen LogP contribution in [-0.2, 0) is 0 Å². The average molecular weight is 296 g/mol. The summed E-state index contributed by atoms with van der Waals surface area (Å²) >= 11 is 0. The summed E-state index contributed by atoms with van der Waals surface area (Å²) in [4.78, 5) is 23.5. The van der Waals surface area contributed by atoms with Crippen LogP contribution in [0.4, 0.5) is 0 Å². The fraction of sp³-hybridized carbons (Fsp3) is 0.0625. The van der Waals surface area contributed by atoms with Crippen LogP contribution in [0.15, 0.2) is 42.5 Å². The minimum atomic E-state index is -0.717. The number of nitrogens with zero attached hydrogens (tertiary/aromatic N) is 1. The van der Waals surface area contributed by atoms with E-state index in [1.165, 1.54) is 43.5 Å². The van der Waals surface area contributed by atoms with Gasteiger partial charge in [0.05, 0.1) is 29.9 Å². The molecule has 6 nitrogen and oxygen atoms in total. The van der Waals surface area contributed by atoms with E-state index in [2.05, 4.69) is 0 Å². The molecular formula is C16H12N2O4. The van der Waals surface area contributed by atoms with E-state index in [1.54, 1.807) is 6.07 Å². The van der Waals surface area contributed by atoms with E-state index in [0.29, 0.717) is 11.3 Å². The van der Waals surface area contributed by atoms with Crippen molar-refractivity contribution >= 4 is 11.9 Å². The lowest BCUT2D eigenvalue weighted by atomic mass is 10.1. The molecule has 0 fully saturated rings. The standard InChI is InChI=1S/C16H12N2O4/c1-21-12-6-7-13(15(18)19)14(8-12)22-16(20)11-4-2-10(9-17)3-5-11/h2-8H,1H3,(H2,18,19). The number of rotatable bonds is 4. The van der Waals surface area contributed by atoms with Crippen LogP contribution in [0.1, 0.15) is 26.3 Å². The van der Waals surface area contributed by atoms with Gasteiger partial charge in [0.15, 0.2) is 0 Å². The normalized spacial score (nSPS) is 9.64. The highest BCUT2D eigenvalue weighted by atomic mass is 16.5. The van der Waals surface area contributed by atoms with Gasteiger partial charge in [0.2, 0.25) is 0 Å². The van der Waals surface area contributed by atoms with Crippen LogP contribution < -0.4 is 15.2 Å². The van der Waals surface area contributed by atoms with Crippen LogP contribution in [0, 0.1) is 11.3 Å². The Morgan fingerprint density at radius 1 is 1.14 bits per heavy atom. The summed E-state index contributed by atoms with van der Waals surface area (Å²) in [6.45, 7) is 0. The zero-order valence-electron chi connectivity index (χ0n) is 11.7. The molecule has 2 rings (SSSR count). The number of ether oxygens (including phenoxy) is 2. The SMILES string of the molecule is COc1ccc(C(N)=O)c(OC(=O)c2ccc(C#N)cc2)c1. The number of amides is 1. The quantitative estimate of drug-likeness (QED) is 0.685. The number of methoxy groups -OCH3 is 1. The van der Waals surface area contributed by atoms with E-state index in [9.17, 15) is 9.59 Å². The summed E-state index contributed by atoms with van der Waals surface area (Å²) in [6.07, 6.45) is 0. The number of esters is 1. The number of hydrogen-bond acceptors (Lipinski definition) is 5. The minimum Gasteiger partial charge on any atom is -0.497 e. The first kappa shape index (κ1) is 15.1. The first-order valence-corrected chi connectivity index (χ1v) is 6.25. The number of carbonyl (C=O) groups excluding carboxylic acids is 2. The lowest BCUT2D eigenvalue weighted by Crippen LogP contribution is -2.16.